The molecule has 7 nitrogen and oxygen atoms in total. The van der Waals surface area contributed by atoms with Gasteiger partial charge in [0.05, 0.1) is 0 Å². The van der Waals surface area contributed by atoms with Gasteiger partial charge in [-0.05, 0) is 24.5 Å². The average molecular weight is 495 g/mol. The van der Waals surface area contributed by atoms with E-state index < -0.39 is 0 Å². The quantitative estimate of drug-likeness (QED) is 0.252. The summed E-state index contributed by atoms with van der Waals surface area (Å²) in [7, 11) is 0. The zero-order valence-electron chi connectivity index (χ0n) is 16.2. The van der Waals surface area contributed by atoms with Gasteiger partial charge in [-0.1, -0.05) is 30.3 Å². The summed E-state index contributed by atoms with van der Waals surface area (Å²) in [6.07, 6.45) is 5.56. The minimum Gasteiger partial charge on any atom is -0.370 e. The Hall–Kier alpha value is -1.94. The van der Waals surface area contributed by atoms with E-state index in [0.717, 1.165) is 64.6 Å². The van der Waals surface area contributed by atoms with E-state index in [1.807, 2.05) is 12.1 Å². The molecule has 28 heavy (non-hydrogen) atoms. The van der Waals surface area contributed by atoms with E-state index in [1.54, 1.807) is 12.4 Å². The smallest absolute Gasteiger partial charge is 0.225 e. The van der Waals surface area contributed by atoms with Crippen LogP contribution in [0, 0.1) is 0 Å². The van der Waals surface area contributed by atoms with Gasteiger partial charge in [0.25, 0.3) is 0 Å². The van der Waals surface area contributed by atoms with Crippen molar-refractivity contribution in [3.05, 3.63) is 54.4 Å². The number of piperazine rings is 1. The predicted octanol–water partition coefficient (Wildman–Crippen LogP) is 1.75. The topological polar surface area (TPSA) is 82.7 Å². The van der Waals surface area contributed by atoms with Crippen LogP contribution in [-0.2, 0) is 6.42 Å². The number of nitrogens with one attached hydrogen (secondary N) is 1. The first-order chi connectivity index (χ1) is 13.3. The molecule has 0 unspecified atom stereocenters. The van der Waals surface area contributed by atoms with Crippen LogP contribution < -0.4 is 16.0 Å². The number of guanidine groups is 1. The van der Waals surface area contributed by atoms with Gasteiger partial charge < -0.3 is 16.0 Å². The number of anilines is 1. The van der Waals surface area contributed by atoms with E-state index >= 15 is 0 Å². The molecular weight excluding hydrogens is 465 g/mol. The van der Waals surface area contributed by atoms with E-state index in [9.17, 15) is 0 Å². The molecular formula is C20H30IN7. The maximum Gasteiger partial charge on any atom is 0.225 e. The second-order valence-electron chi connectivity index (χ2n) is 6.66. The van der Waals surface area contributed by atoms with E-state index in [1.165, 1.54) is 5.56 Å². The normalized spacial score (nSPS) is 15.1. The zero-order chi connectivity index (χ0) is 18.7. The standard InChI is InChI=1S/C20H29N7.HI/c21-19(23-12-8-18-6-2-1-3-7-18)22-11-5-13-26-14-16-27(17-15-26)20-24-9-4-10-25-20;/h1-4,6-7,9-10H,5,8,11-17H2,(H3,21,22,23);1H. The van der Waals surface area contributed by atoms with Crippen molar-refractivity contribution in [2.24, 2.45) is 10.7 Å². The number of benzene rings is 1. The lowest BCUT2D eigenvalue weighted by Gasteiger charge is -2.34. The summed E-state index contributed by atoms with van der Waals surface area (Å²) < 4.78 is 0. The van der Waals surface area contributed by atoms with Gasteiger partial charge in [-0.25, -0.2) is 9.97 Å². The number of nitrogens with zero attached hydrogens (tertiary/aromatic N) is 5. The molecule has 1 aromatic heterocycles. The summed E-state index contributed by atoms with van der Waals surface area (Å²) in [5.74, 6) is 1.37. The summed E-state index contributed by atoms with van der Waals surface area (Å²) in [5, 5.41) is 3.19. The van der Waals surface area contributed by atoms with Crippen LogP contribution in [0.25, 0.3) is 0 Å². The first kappa shape index (κ1) is 22.4. The van der Waals surface area contributed by atoms with E-state index in [4.69, 9.17) is 5.73 Å². The molecule has 0 atom stereocenters. The molecule has 0 radical (unpaired) electrons. The molecule has 2 aromatic rings. The highest BCUT2D eigenvalue weighted by atomic mass is 127. The van der Waals surface area contributed by atoms with Crippen molar-refractivity contribution < 1.29 is 0 Å². The average Bonchev–Trinajstić information content (AvgIpc) is 2.73. The van der Waals surface area contributed by atoms with Crippen LogP contribution in [0.3, 0.4) is 0 Å². The fraction of sp³-hybridized carbons (Fsp3) is 0.450. The summed E-state index contributed by atoms with van der Waals surface area (Å²) in [6.45, 7) is 6.62. The molecule has 0 amide bonds. The molecule has 3 rings (SSSR count). The second-order valence-corrected chi connectivity index (χ2v) is 6.66. The maximum atomic E-state index is 5.94. The van der Waals surface area contributed by atoms with E-state index in [-0.39, 0.29) is 24.0 Å². The second kappa shape index (κ2) is 12.5. The van der Waals surface area contributed by atoms with Crippen LogP contribution in [0.1, 0.15) is 12.0 Å². The van der Waals surface area contributed by atoms with Crippen molar-refractivity contribution in [3.63, 3.8) is 0 Å². The molecule has 1 aliphatic heterocycles. The van der Waals surface area contributed by atoms with Crippen molar-refractivity contribution in [2.75, 3.05) is 50.7 Å². The molecule has 0 aliphatic carbocycles. The Balaban J connectivity index is 0.00000280. The fourth-order valence-corrected chi connectivity index (χ4v) is 3.16. The van der Waals surface area contributed by atoms with Crippen molar-refractivity contribution in [1.29, 1.82) is 0 Å². The third kappa shape index (κ3) is 7.59. The number of halogens is 1. The third-order valence-corrected chi connectivity index (χ3v) is 4.68. The summed E-state index contributed by atoms with van der Waals surface area (Å²) in [5.41, 5.74) is 7.25. The van der Waals surface area contributed by atoms with Gasteiger partial charge in [0.1, 0.15) is 0 Å². The minimum absolute atomic E-state index is 0. The molecule has 152 valence electrons. The third-order valence-electron chi connectivity index (χ3n) is 4.68. The molecule has 8 heteroatoms. The van der Waals surface area contributed by atoms with Crippen molar-refractivity contribution in [1.82, 2.24) is 20.2 Å². The van der Waals surface area contributed by atoms with E-state index in [0.29, 0.717) is 5.96 Å². The lowest BCUT2D eigenvalue weighted by molar-refractivity contribution is 0.255. The van der Waals surface area contributed by atoms with Crippen molar-refractivity contribution in [2.45, 2.75) is 12.8 Å². The minimum atomic E-state index is 0. The summed E-state index contributed by atoms with van der Waals surface area (Å²) in [6, 6.07) is 12.2. The van der Waals surface area contributed by atoms with Gasteiger partial charge in [-0.3, -0.25) is 9.89 Å². The van der Waals surface area contributed by atoms with Crippen LogP contribution in [0.2, 0.25) is 0 Å². The molecule has 0 bridgehead atoms. The first-order valence-corrected chi connectivity index (χ1v) is 9.63. The number of aliphatic imine (C=N–C) groups is 1. The number of hydrogen-bond acceptors (Lipinski definition) is 5. The molecule has 2 heterocycles. The highest BCUT2D eigenvalue weighted by Crippen LogP contribution is 2.09. The number of rotatable bonds is 8. The molecule has 3 N–H and O–H groups in total. The molecule has 0 spiro atoms. The van der Waals surface area contributed by atoms with Crippen LogP contribution in [0.4, 0.5) is 5.95 Å². The molecule has 0 saturated carbocycles. The van der Waals surface area contributed by atoms with Gasteiger partial charge in [-0.15, -0.1) is 24.0 Å². The largest absolute Gasteiger partial charge is 0.370 e. The van der Waals surface area contributed by atoms with Crippen LogP contribution >= 0.6 is 24.0 Å². The lowest BCUT2D eigenvalue weighted by atomic mass is 10.1. The number of aromatic nitrogens is 2. The Kier molecular flexibility index (Phi) is 9.98. The maximum absolute atomic E-state index is 5.94. The molecule has 1 saturated heterocycles. The summed E-state index contributed by atoms with van der Waals surface area (Å²) in [4.78, 5) is 17.8. The first-order valence-electron chi connectivity index (χ1n) is 9.63. The van der Waals surface area contributed by atoms with Gasteiger partial charge in [-0.2, -0.15) is 0 Å². The van der Waals surface area contributed by atoms with Gasteiger partial charge >= 0.3 is 0 Å². The Labute approximate surface area is 184 Å². The monoisotopic (exact) mass is 495 g/mol. The molecule has 1 aromatic carbocycles. The number of nitrogens with two attached hydrogens (primary N) is 1. The molecule has 1 fully saturated rings. The Bertz CT molecular complexity index is 688. The fourth-order valence-electron chi connectivity index (χ4n) is 3.16. The van der Waals surface area contributed by atoms with Crippen molar-refractivity contribution in [3.8, 4) is 0 Å². The number of hydrogen-bond donors (Lipinski definition) is 2. The predicted molar refractivity (Wildman–Crippen MR) is 125 cm³/mol. The Morgan fingerprint density at radius 1 is 1.04 bits per heavy atom. The van der Waals surface area contributed by atoms with Gasteiger partial charge in [0.2, 0.25) is 5.95 Å². The lowest BCUT2D eigenvalue weighted by Crippen LogP contribution is -2.47. The van der Waals surface area contributed by atoms with Crippen LogP contribution in [-0.4, -0.2) is 66.6 Å². The van der Waals surface area contributed by atoms with Crippen molar-refractivity contribution >= 4 is 35.9 Å². The van der Waals surface area contributed by atoms with Gasteiger partial charge in [0, 0.05) is 58.2 Å². The van der Waals surface area contributed by atoms with E-state index in [2.05, 4.69) is 54.3 Å². The zero-order valence-corrected chi connectivity index (χ0v) is 18.5. The molecule has 1 aliphatic rings. The highest BCUT2D eigenvalue weighted by molar-refractivity contribution is 14.0. The Morgan fingerprint density at radius 2 is 1.75 bits per heavy atom. The highest BCUT2D eigenvalue weighted by Gasteiger charge is 2.17. The van der Waals surface area contributed by atoms with Crippen LogP contribution in [0.5, 0.6) is 0 Å². The van der Waals surface area contributed by atoms with Crippen LogP contribution in [0.15, 0.2) is 53.8 Å². The summed E-state index contributed by atoms with van der Waals surface area (Å²) >= 11 is 0. The Morgan fingerprint density at radius 3 is 2.46 bits per heavy atom. The SMILES string of the molecule is I.NC(=NCCCN1CCN(c2ncccn2)CC1)NCCc1ccccc1. The van der Waals surface area contributed by atoms with Gasteiger partial charge in [0.15, 0.2) is 5.96 Å².